The molecule has 0 aliphatic heterocycles. The maximum Gasteiger partial charge on any atom is 0.230 e. The molecule has 1 fully saturated rings. The van der Waals surface area contributed by atoms with Gasteiger partial charge in [-0.3, -0.25) is 4.79 Å². The number of benzene rings is 1. The molecule has 1 amide bonds. The monoisotopic (exact) mass is 338 g/mol. The van der Waals surface area contributed by atoms with Gasteiger partial charge in [-0.25, -0.2) is 0 Å². The first-order valence-corrected chi connectivity index (χ1v) is 8.07. The summed E-state index contributed by atoms with van der Waals surface area (Å²) >= 11 is 3.47. The summed E-state index contributed by atoms with van der Waals surface area (Å²) in [5, 5.41) is 0. The molecule has 0 unspecified atom stereocenters. The molecule has 1 aromatic carbocycles. The number of nitrogens with zero attached hydrogens (tertiary/aromatic N) is 1. The van der Waals surface area contributed by atoms with Gasteiger partial charge in [0.15, 0.2) is 0 Å². The number of hydrogen-bond donors (Lipinski definition) is 1. The lowest BCUT2D eigenvalue weighted by molar-refractivity contribution is -0.142. The van der Waals surface area contributed by atoms with Gasteiger partial charge in [0.2, 0.25) is 5.91 Å². The van der Waals surface area contributed by atoms with Crippen molar-refractivity contribution < 1.29 is 4.79 Å². The summed E-state index contributed by atoms with van der Waals surface area (Å²) in [5.74, 6) is 0.208. The predicted octanol–water partition coefficient (Wildman–Crippen LogP) is 3.32. The van der Waals surface area contributed by atoms with Crippen LogP contribution in [-0.4, -0.2) is 24.4 Å². The highest BCUT2D eigenvalue weighted by atomic mass is 79.9. The van der Waals surface area contributed by atoms with E-state index in [1.807, 2.05) is 30.1 Å². The highest BCUT2D eigenvalue weighted by Gasteiger charge is 2.39. The molecule has 4 heteroatoms. The van der Waals surface area contributed by atoms with Crippen LogP contribution in [0, 0.1) is 5.41 Å². The predicted molar refractivity (Wildman–Crippen MR) is 85.2 cm³/mol. The number of carbonyl (C=O) groups excluding carboxylic acids is 1. The third kappa shape index (κ3) is 3.41. The average Bonchev–Trinajstić information content (AvgIpc) is 2.47. The second-order valence-corrected chi connectivity index (χ2v) is 6.75. The van der Waals surface area contributed by atoms with Crippen molar-refractivity contribution in [1.29, 1.82) is 0 Å². The molecule has 1 aliphatic carbocycles. The van der Waals surface area contributed by atoms with Crippen molar-refractivity contribution >= 4 is 21.8 Å². The van der Waals surface area contributed by atoms with Crippen LogP contribution in [0.2, 0.25) is 0 Å². The third-order valence-electron chi connectivity index (χ3n) is 4.31. The topological polar surface area (TPSA) is 46.3 Å². The zero-order valence-electron chi connectivity index (χ0n) is 12.1. The van der Waals surface area contributed by atoms with E-state index in [4.69, 9.17) is 5.73 Å². The van der Waals surface area contributed by atoms with Crippen LogP contribution in [0.25, 0.3) is 0 Å². The Hall–Kier alpha value is -0.870. The summed E-state index contributed by atoms with van der Waals surface area (Å²) in [6.07, 6.45) is 5.34. The standard InChI is InChI=1S/C16H23BrN2O/c1-19(11-13-6-5-7-14(17)10-13)15(20)16(12-18)8-3-2-4-9-16/h5-7,10H,2-4,8-9,11-12,18H2,1H3. The van der Waals surface area contributed by atoms with Crippen LogP contribution in [0.15, 0.2) is 28.7 Å². The maximum atomic E-state index is 12.8. The Bertz CT molecular complexity index is 469. The van der Waals surface area contributed by atoms with E-state index in [2.05, 4.69) is 22.0 Å². The van der Waals surface area contributed by atoms with E-state index in [1.165, 1.54) is 6.42 Å². The molecule has 1 saturated carbocycles. The van der Waals surface area contributed by atoms with Crippen molar-refractivity contribution in [2.45, 2.75) is 38.6 Å². The SMILES string of the molecule is CN(Cc1cccc(Br)c1)C(=O)C1(CN)CCCCC1. The van der Waals surface area contributed by atoms with Gasteiger partial charge in [-0.1, -0.05) is 47.3 Å². The van der Waals surface area contributed by atoms with Crippen molar-refractivity contribution in [1.82, 2.24) is 4.90 Å². The van der Waals surface area contributed by atoms with Crippen LogP contribution in [0.5, 0.6) is 0 Å². The molecule has 3 nitrogen and oxygen atoms in total. The van der Waals surface area contributed by atoms with E-state index < -0.39 is 0 Å². The lowest BCUT2D eigenvalue weighted by Gasteiger charge is -2.37. The first-order valence-electron chi connectivity index (χ1n) is 7.27. The average molecular weight is 339 g/mol. The molecule has 0 saturated heterocycles. The third-order valence-corrected chi connectivity index (χ3v) is 4.80. The molecule has 0 spiro atoms. The molecule has 0 atom stereocenters. The molecule has 0 heterocycles. The van der Waals surface area contributed by atoms with E-state index in [0.717, 1.165) is 35.7 Å². The summed E-state index contributed by atoms with van der Waals surface area (Å²) in [5.41, 5.74) is 6.76. The molecule has 0 bridgehead atoms. The Morgan fingerprint density at radius 2 is 2.05 bits per heavy atom. The van der Waals surface area contributed by atoms with Crippen molar-refractivity contribution in [2.24, 2.45) is 11.1 Å². The van der Waals surface area contributed by atoms with Crippen molar-refractivity contribution in [3.63, 3.8) is 0 Å². The Kier molecular flexibility index (Phi) is 5.22. The number of rotatable bonds is 4. The second kappa shape index (κ2) is 6.72. The molecule has 110 valence electrons. The van der Waals surface area contributed by atoms with Crippen molar-refractivity contribution in [3.8, 4) is 0 Å². The van der Waals surface area contributed by atoms with Gasteiger partial charge < -0.3 is 10.6 Å². The summed E-state index contributed by atoms with van der Waals surface area (Å²) in [6, 6.07) is 8.09. The first kappa shape index (κ1) is 15.5. The Labute approximate surface area is 129 Å². The normalized spacial score (nSPS) is 17.8. The van der Waals surface area contributed by atoms with Crippen LogP contribution in [-0.2, 0) is 11.3 Å². The summed E-state index contributed by atoms with van der Waals surface area (Å²) in [4.78, 5) is 14.6. The van der Waals surface area contributed by atoms with Crippen LogP contribution in [0.3, 0.4) is 0 Å². The number of nitrogens with two attached hydrogens (primary N) is 1. The molecular formula is C16H23BrN2O. The van der Waals surface area contributed by atoms with E-state index in [9.17, 15) is 4.79 Å². The summed E-state index contributed by atoms with van der Waals surface area (Å²) in [6.45, 7) is 1.11. The van der Waals surface area contributed by atoms with Crippen LogP contribution >= 0.6 is 15.9 Å². The molecule has 0 aromatic heterocycles. The Morgan fingerprint density at radius 1 is 1.35 bits per heavy atom. The minimum Gasteiger partial charge on any atom is -0.341 e. The second-order valence-electron chi connectivity index (χ2n) is 5.84. The Morgan fingerprint density at radius 3 is 2.65 bits per heavy atom. The zero-order chi connectivity index (χ0) is 14.6. The van der Waals surface area contributed by atoms with Gasteiger partial charge in [0.25, 0.3) is 0 Å². The zero-order valence-corrected chi connectivity index (χ0v) is 13.7. The van der Waals surface area contributed by atoms with E-state index in [1.54, 1.807) is 0 Å². The quantitative estimate of drug-likeness (QED) is 0.915. The molecule has 1 aromatic rings. The highest BCUT2D eigenvalue weighted by molar-refractivity contribution is 9.10. The fourth-order valence-corrected chi connectivity index (χ4v) is 3.57. The first-order chi connectivity index (χ1) is 9.57. The number of carbonyl (C=O) groups is 1. The minimum atomic E-state index is -0.320. The number of amides is 1. The maximum absolute atomic E-state index is 12.8. The van der Waals surface area contributed by atoms with Gasteiger partial charge in [-0.2, -0.15) is 0 Å². The molecule has 2 rings (SSSR count). The van der Waals surface area contributed by atoms with Crippen LogP contribution in [0.4, 0.5) is 0 Å². The molecule has 1 aliphatic rings. The van der Waals surface area contributed by atoms with E-state index in [0.29, 0.717) is 13.1 Å². The smallest absolute Gasteiger partial charge is 0.230 e. The molecule has 20 heavy (non-hydrogen) atoms. The fraction of sp³-hybridized carbons (Fsp3) is 0.562. The van der Waals surface area contributed by atoms with Gasteiger partial charge >= 0.3 is 0 Å². The van der Waals surface area contributed by atoms with E-state index >= 15 is 0 Å². The summed E-state index contributed by atoms with van der Waals surface area (Å²) in [7, 11) is 1.88. The van der Waals surface area contributed by atoms with Crippen molar-refractivity contribution in [2.75, 3.05) is 13.6 Å². The lowest BCUT2D eigenvalue weighted by atomic mass is 9.73. The van der Waals surface area contributed by atoms with Crippen LogP contribution < -0.4 is 5.73 Å². The van der Waals surface area contributed by atoms with Gasteiger partial charge in [0.1, 0.15) is 0 Å². The van der Waals surface area contributed by atoms with Gasteiger partial charge in [0, 0.05) is 24.6 Å². The number of halogens is 1. The molecule has 2 N–H and O–H groups in total. The van der Waals surface area contributed by atoms with Crippen LogP contribution in [0.1, 0.15) is 37.7 Å². The fourth-order valence-electron chi connectivity index (χ4n) is 3.12. The van der Waals surface area contributed by atoms with E-state index in [-0.39, 0.29) is 11.3 Å². The summed E-state index contributed by atoms with van der Waals surface area (Å²) < 4.78 is 1.04. The Balaban J connectivity index is 2.07. The highest BCUT2D eigenvalue weighted by Crippen LogP contribution is 2.37. The number of hydrogen-bond acceptors (Lipinski definition) is 2. The van der Waals surface area contributed by atoms with Gasteiger partial charge in [0.05, 0.1) is 5.41 Å². The minimum absolute atomic E-state index is 0.208. The molecular weight excluding hydrogens is 316 g/mol. The van der Waals surface area contributed by atoms with Crippen molar-refractivity contribution in [3.05, 3.63) is 34.3 Å². The molecule has 0 radical (unpaired) electrons. The largest absolute Gasteiger partial charge is 0.341 e. The van der Waals surface area contributed by atoms with Gasteiger partial charge in [-0.15, -0.1) is 0 Å². The van der Waals surface area contributed by atoms with Gasteiger partial charge in [-0.05, 0) is 30.5 Å². The lowest BCUT2D eigenvalue weighted by Crippen LogP contribution is -2.47.